The fourth-order valence-electron chi connectivity index (χ4n) is 4.47. The number of halogens is 1. The summed E-state index contributed by atoms with van der Waals surface area (Å²) in [5.74, 6) is 2.83. The Balaban J connectivity index is 1.67. The number of aromatic nitrogens is 3. The Morgan fingerprint density at radius 3 is 2.82 bits per heavy atom. The molecule has 0 saturated heterocycles. The molecule has 0 unspecified atom stereocenters. The van der Waals surface area contributed by atoms with E-state index in [1.54, 1.807) is 31.9 Å². The summed E-state index contributed by atoms with van der Waals surface area (Å²) in [7, 11) is 3.31. The Bertz CT molecular complexity index is 1380. The van der Waals surface area contributed by atoms with Crippen molar-refractivity contribution in [3.8, 4) is 17.2 Å². The zero-order chi connectivity index (χ0) is 22.5. The Morgan fingerprint density at radius 2 is 2.03 bits per heavy atom. The van der Waals surface area contributed by atoms with Crippen LogP contribution in [0, 0.1) is 0 Å². The monoisotopic (exact) mass is 478 g/mol. The van der Waals surface area contributed by atoms with E-state index in [1.165, 1.54) is 0 Å². The van der Waals surface area contributed by atoms with E-state index in [0.717, 1.165) is 44.5 Å². The zero-order valence-corrected chi connectivity index (χ0v) is 19.4. The van der Waals surface area contributed by atoms with Crippen molar-refractivity contribution < 1.29 is 14.2 Å². The molecule has 2 aromatic carbocycles. The van der Waals surface area contributed by atoms with Crippen molar-refractivity contribution in [3.63, 3.8) is 0 Å². The van der Waals surface area contributed by atoms with Gasteiger partial charge in [0, 0.05) is 26.6 Å². The number of nitrogens with one attached hydrogen (secondary N) is 1. The first-order valence-electron chi connectivity index (χ1n) is 10.3. The quantitative estimate of drug-likeness (QED) is 0.413. The van der Waals surface area contributed by atoms with Gasteiger partial charge in [0.2, 0.25) is 5.95 Å². The Hall–Kier alpha value is -3.49. The molecular weight excluding hydrogens is 460 g/mol. The van der Waals surface area contributed by atoms with Gasteiger partial charge in [-0.1, -0.05) is 17.7 Å². The van der Waals surface area contributed by atoms with E-state index in [0.29, 0.717) is 11.0 Å². The highest BCUT2D eigenvalue weighted by Crippen LogP contribution is 2.53. The van der Waals surface area contributed by atoms with Crippen LogP contribution in [0.25, 0.3) is 5.70 Å². The molecule has 9 heteroatoms. The van der Waals surface area contributed by atoms with Crippen LogP contribution in [0.3, 0.4) is 0 Å². The number of benzene rings is 2. The molecule has 2 aromatic heterocycles. The molecule has 1 N–H and O–H groups in total. The molecule has 0 fully saturated rings. The van der Waals surface area contributed by atoms with Gasteiger partial charge in [0.05, 0.1) is 19.9 Å². The van der Waals surface area contributed by atoms with Gasteiger partial charge in [-0.25, -0.2) is 4.68 Å². The number of rotatable bonds is 4. The first kappa shape index (κ1) is 20.1. The predicted molar refractivity (Wildman–Crippen MR) is 127 cm³/mol. The van der Waals surface area contributed by atoms with Gasteiger partial charge >= 0.3 is 0 Å². The molecule has 2 aliphatic heterocycles. The first-order valence-corrected chi connectivity index (χ1v) is 11.6. The van der Waals surface area contributed by atoms with Crippen LogP contribution in [0.4, 0.5) is 5.95 Å². The largest absolute Gasteiger partial charge is 0.497 e. The Labute approximate surface area is 199 Å². The van der Waals surface area contributed by atoms with Gasteiger partial charge in [-0.15, -0.1) is 11.3 Å². The first-order chi connectivity index (χ1) is 16.2. The average molecular weight is 479 g/mol. The topological polar surface area (TPSA) is 70.4 Å². The number of fused-ring (bicyclic) bond motifs is 3. The standard InChI is InChI=1S/C24H19ClN4O3S/c1-30-14-6-8-17(31-2)16(11-14)22-20-21(28-24-26-12-27-29(22)24)15-10-13(25)5-7-18(15)32-23(20)19-4-3-9-33-19/h3-12,22-23H,1-2H3,(H,26,27,28)/t22-,23+/m1/s1. The number of nitrogens with zero attached hydrogens (tertiary/aromatic N) is 3. The van der Waals surface area contributed by atoms with Gasteiger partial charge in [-0.05, 0) is 47.8 Å². The summed E-state index contributed by atoms with van der Waals surface area (Å²) in [5.41, 5.74) is 3.68. The molecule has 0 aliphatic carbocycles. The third-order valence-corrected chi connectivity index (χ3v) is 7.06. The summed E-state index contributed by atoms with van der Waals surface area (Å²) in [6.45, 7) is 0. The van der Waals surface area contributed by atoms with Crippen LogP contribution in [0.5, 0.6) is 17.2 Å². The summed E-state index contributed by atoms with van der Waals surface area (Å²) < 4.78 is 19.8. The van der Waals surface area contributed by atoms with Gasteiger partial charge in [0.25, 0.3) is 0 Å². The number of methoxy groups -OCH3 is 2. The van der Waals surface area contributed by atoms with E-state index >= 15 is 0 Å². The van der Waals surface area contributed by atoms with Crippen molar-refractivity contribution in [3.05, 3.63) is 86.8 Å². The molecular formula is C24H19ClN4O3S. The lowest BCUT2D eigenvalue weighted by atomic mass is 9.86. The normalized spacial score (nSPS) is 18.5. The van der Waals surface area contributed by atoms with Gasteiger partial charge < -0.3 is 19.5 Å². The molecule has 0 spiro atoms. The van der Waals surface area contributed by atoms with Crippen molar-refractivity contribution in [1.29, 1.82) is 0 Å². The molecule has 166 valence electrons. The number of ether oxygens (including phenoxy) is 3. The third kappa shape index (κ3) is 3.17. The molecule has 33 heavy (non-hydrogen) atoms. The van der Waals surface area contributed by atoms with E-state index in [1.807, 2.05) is 47.1 Å². The fraction of sp³-hybridized carbons (Fsp3) is 0.167. The lowest BCUT2D eigenvalue weighted by molar-refractivity contribution is 0.226. The number of hydrogen-bond donors (Lipinski definition) is 1. The molecule has 2 aliphatic rings. The molecule has 0 saturated carbocycles. The van der Waals surface area contributed by atoms with Gasteiger partial charge in [0.1, 0.15) is 29.6 Å². The third-order valence-electron chi connectivity index (χ3n) is 5.91. The molecule has 6 rings (SSSR count). The Kier molecular flexibility index (Phi) is 4.78. The number of thiophene rings is 1. The van der Waals surface area contributed by atoms with Crippen molar-refractivity contribution in [2.75, 3.05) is 19.5 Å². The second kappa shape index (κ2) is 7.83. The van der Waals surface area contributed by atoms with E-state index in [-0.39, 0.29) is 12.1 Å². The van der Waals surface area contributed by atoms with Crippen LogP contribution in [-0.2, 0) is 0 Å². The molecule has 0 radical (unpaired) electrons. The van der Waals surface area contributed by atoms with Crippen molar-refractivity contribution >= 4 is 34.6 Å². The minimum Gasteiger partial charge on any atom is -0.497 e. The molecule has 0 amide bonds. The smallest absolute Gasteiger partial charge is 0.226 e. The van der Waals surface area contributed by atoms with E-state index in [2.05, 4.69) is 26.8 Å². The summed E-state index contributed by atoms with van der Waals surface area (Å²) >= 11 is 8.04. The minimum atomic E-state index is -0.344. The lowest BCUT2D eigenvalue weighted by Gasteiger charge is -2.38. The van der Waals surface area contributed by atoms with Crippen LogP contribution in [0.2, 0.25) is 5.02 Å². The summed E-state index contributed by atoms with van der Waals surface area (Å²) in [5, 5.41) is 10.7. The van der Waals surface area contributed by atoms with E-state index in [4.69, 9.17) is 25.8 Å². The van der Waals surface area contributed by atoms with E-state index in [9.17, 15) is 0 Å². The molecule has 0 bridgehead atoms. The minimum absolute atomic E-state index is 0.334. The number of anilines is 1. The molecule has 4 aromatic rings. The highest BCUT2D eigenvalue weighted by atomic mass is 35.5. The highest BCUT2D eigenvalue weighted by Gasteiger charge is 2.42. The zero-order valence-electron chi connectivity index (χ0n) is 17.8. The Morgan fingerprint density at radius 1 is 1.12 bits per heavy atom. The average Bonchev–Trinajstić information content (AvgIpc) is 3.54. The maximum Gasteiger partial charge on any atom is 0.226 e. The van der Waals surface area contributed by atoms with Crippen molar-refractivity contribution in [2.24, 2.45) is 0 Å². The van der Waals surface area contributed by atoms with Crippen molar-refractivity contribution in [1.82, 2.24) is 14.8 Å². The van der Waals surface area contributed by atoms with Crippen LogP contribution in [-0.4, -0.2) is 29.0 Å². The van der Waals surface area contributed by atoms with Crippen LogP contribution >= 0.6 is 22.9 Å². The highest BCUT2D eigenvalue weighted by molar-refractivity contribution is 7.10. The molecule has 2 atom stereocenters. The SMILES string of the molecule is COc1ccc(OC)c([C@@H]2C3=C(Nc4ncnn42)c2cc(Cl)ccc2O[C@H]3c2cccs2)c1. The summed E-state index contributed by atoms with van der Waals surface area (Å²) in [6.07, 6.45) is 1.21. The predicted octanol–water partition coefficient (Wildman–Crippen LogP) is 5.57. The molecule has 4 heterocycles. The lowest BCUT2D eigenvalue weighted by Crippen LogP contribution is -2.32. The summed E-state index contributed by atoms with van der Waals surface area (Å²) in [4.78, 5) is 5.55. The second-order valence-corrected chi connectivity index (χ2v) is 9.06. The fourth-order valence-corrected chi connectivity index (χ4v) is 5.42. The number of hydrogen-bond acceptors (Lipinski definition) is 7. The van der Waals surface area contributed by atoms with Gasteiger partial charge in [-0.3, -0.25) is 0 Å². The van der Waals surface area contributed by atoms with Crippen LogP contribution in [0.15, 0.2) is 65.8 Å². The van der Waals surface area contributed by atoms with Crippen molar-refractivity contribution in [2.45, 2.75) is 12.1 Å². The van der Waals surface area contributed by atoms with Crippen LogP contribution < -0.4 is 19.5 Å². The van der Waals surface area contributed by atoms with Crippen LogP contribution in [0.1, 0.15) is 28.1 Å². The van der Waals surface area contributed by atoms with E-state index < -0.39 is 0 Å². The summed E-state index contributed by atoms with van der Waals surface area (Å²) in [6, 6.07) is 15.2. The van der Waals surface area contributed by atoms with Gasteiger partial charge in [0.15, 0.2) is 6.10 Å². The molecule has 7 nitrogen and oxygen atoms in total. The second-order valence-electron chi connectivity index (χ2n) is 7.65. The maximum atomic E-state index is 6.59. The maximum absolute atomic E-state index is 6.59. The van der Waals surface area contributed by atoms with Gasteiger partial charge in [-0.2, -0.15) is 10.1 Å².